The van der Waals surface area contributed by atoms with Crippen molar-refractivity contribution in [2.75, 3.05) is 0 Å². The SMILES string of the molecule is CC1(C)CCc2nc3cc(-c4cnc(-c5ccccn5)nc4)ccc3c(=O)n2C1. The number of nitrogens with zero attached hydrogens (tertiary/aromatic N) is 5. The third-order valence-electron chi connectivity index (χ3n) is 5.53. The van der Waals surface area contributed by atoms with Crippen molar-refractivity contribution in [1.29, 1.82) is 0 Å². The minimum atomic E-state index is 0.0473. The van der Waals surface area contributed by atoms with Crippen molar-refractivity contribution in [3.05, 3.63) is 71.2 Å². The zero-order valence-corrected chi connectivity index (χ0v) is 16.5. The van der Waals surface area contributed by atoms with Gasteiger partial charge < -0.3 is 0 Å². The zero-order chi connectivity index (χ0) is 20.0. The van der Waals surface area contributed by atoms with Crippen LogP contribution < -0.4 is 5.56 Å². The molecule has 6 heteroatoms. The van der Waals surface area contributed by atoms with E-state index in [4.69, 9.17) is 4.98 Å². The lowest BCUT2D eigenvalue weighted by atomic mass is 9.85. The van der Waals surface area contributed by atoms with Crippen molar-refractivity contribution in [2.24, 2.45) is 5.41 Å². The molecule has 1 aliphatic rings. The van der Waals surface area contributed by atoms with E-state index in [1.807, 2.05) is 41.0 Å². The average Bonchev–Trinajstić information content (AvgIpc) is 2.75. The van der Waals surface area contributed by atoms with Crippen LogP contribution in [-0.4, -0.2) is 24.5 Å². The Balaban J connectivity index is 1.54. The number of aromatic nitrogens is 5. The van der Waals surface area contributed by atoms with Gasteiger partial charge in [0, 0.05) is 37.1 Å². The molecule has 0 bridgehead atoms. The van der Waals surface area contributed by atoms with Crippen LogP contribution in [0.2, 0.25) is 0 Å². The fourth-order valence-corrected chi connectivity index (χ4v) is 3.86. The maximum Gasteiger partial charge on any atom is 0.261 e. The molecule has 0 saturated heterocycles. The highest BCUT2D eigenvalue weighted by atomic mass is 16.1. The maximum atomic E-state index is 13.0. The molecule has 0 N–H and O–H groups in total. The van der Waals surface area contributed by atoms with E-state index in [9.17, 15) is 4.79 Å². The lowest BCUT2D eigenvalue weighted by Gasteiger charge is -2.31. The molecule has 6 nitrogen and oxygen atoms in total. The van der Waals surface area contributed by atoms with Crippen LogP contribution in [0.1, 0.15) is 26.1 Å². The fourth-order valence-electron chi connectivity index (χ4n) is 3.86. The first-order valence-electron chi connectivity index (χ1n) is 9.77. The Morgan fingerprint density at radius 3 is 2.59 bits per heavy atom. The number of hydrogen-bond donors (Lipinski definition) is 0. The summed E-state index contributed by atoms with van der Waals surface area (Å²) in [4.78, 5) is 31.0. The summed E-state index contributed by atoms with van der Waals surface area (Å²) in [7, 11) is 0. The predicted molar refractivity (Wildman–Crippen MR) is 112 cm³/mol. The topological polar surface area (TPSA) is 73.6 Å². The molecular weight excluding hydrogens is 362 g/mol. The summed E-state index contributed by atoms with van der Waals surface area (Å²) >= 11 is 0. The Hall–Kier alpha value is -3.41. The number of pyridine rings is 1. The van der Waals surface area contributed by atoms with Crippen molar-refractivity contribution in [1.82, 2.24) is 24.5 Å². The van der Waals surface area contributed by atoms with E-state index in [0.717, 1.165) is 41.0 Å². The van der Waals surface area contributed by atoms with Crippen LogP contribution >= 0.6 is 0 Å². The average molecular weight is 383 g/mol. The largest absolute Gasteiger partial charge is 0.296 e. The van der Waals surface area contributed by atoms with Gasteiger partial charge in [-0.05, 0) is 41.7 Å². The molecule has 5 rings (SSSR count). The number of fused-ring (bicyclic) bond motifs is 2. The van der Waals surface area contributed by atoms with E-state index in [0.29, 0.717) is 17.8 Å². The van der Waals surface area contributed by atoms with Crippen LogP contribution in [0, 0.1) is 5.41 Å². The van der Waals surface area contributed by atoms with Crippen molar-refractivity contribution in [3.63, 3.8) is 0 Å². The standard InChI is InChI=1S/C23H21N5O/c1-23(2)9-8-20-27-19-11-15(6-7-17(19)22(29)28(20)14-23)16-12-25-21(26-13-16)18-5-3-4-10-24-18/h3-7,10-13H,8-9,14H2,1-2H3. The molecular formula is C23H21N5O. The van der Waals surface area contributed by atoms with E-state index in [1.165, 1.54) is 0 Å². The van der Waals surface area contributed by atoms with Gasteiger partial charge in [-0.2, -0.15) is 0 Å². The smallest absolute Gasteiger partial charge is 0.261 e. The van der Waals surface area contributed by atoms with E-state index in [-0.39, 0.29) is 11.0 Å². The number of benzene rings is 1. The van der Waals surface area contributed by atoms with E-state index < -0.39 is 0 Å². The second-order valence-corrected chi connectivity index (χ2v) is 8.33. The molecule has 1 aromatic carbocycles. The predicted octanol–water partition coefficient (Wildman–Crippen LogP) is 3.89. The Labute approximate surface area is 168 Å². The molecule has 0 unspecified atom stereocenters. The van der Waals surface area contributed by atoms with Crippen LogP contribution in [0.15, 0.2) is 59.8 Å². The van der Waals surface area contributed by atoms with Crippen molar-refractivity contribution >= 4 is 10.9 Å². The number of aryl methyl sites for hydroxylation is 1. The van der Waals surface area contributed by atoms with Gasteiger partial charge in [-0.3, -0.25) is 14.3 Å². The Morgan fingerprint density at radius 2 is 1.83 bits per heavy atom. The number of hydrogen-bond acceptors (Lipinski definition) is 5. The molecule has 4 aromatic rings. The van der Waals surface area contributed by atoms with Crippen LogP contribution in [0.25, 0.3) is 33.5 Å². The summed E-state index contributed by atoms with van der Waals surface area (Å²) in [6.45, 7) is 5.11. The fraction of sp³-hybridized carbons (Fsp3) is 0.261. The molecule has 0 fully saturated rings. The van der Waals surface area contributed by atoms with Crippen molar-refractivity contribution < 1.29 is 0 Å². The van der Waals surface area contributed by atoms with Gasteiger partial charge in [0.15, 0.2) is 5.82 Å². The van der Waals surface area contributed by atoms with Crippen LogP contribution in [0.5, 0.6) is 0 Å². The van der Waals surface area contributed by atoms with Gasteiger partial charge in [0.05, 0.1) is 10.9 Å². The van der Waals surface area contributed by atoms with Crippen LogP contribution in [0.4, 0.5) is 0 Å². The summed E-state index contributed by atoms with van der Waals surface area (Å²) in [6.07, 6.45) is 7.15. The molecule has 0 atom stereocenters. The van der Waals surface area contributed by atoms with Gasteiger partial charge in [-0.15, -0.1) is 0 Å². The molecule has 0 radical (unpaired) electrons. The highest BCUT2D eigenvalue weighted by molar-refractivity contribution is 5.83. The summed E-state index contributed by atoms with van der Waals surface area (Å²) < 4.78 is 1.84. The first-order valence-corrected chi connectivity index (χ1v) is 9.77. The second-order valence-electron chi connectivity index (χ2n) is 8.33. The van der Waals surface area contributed by atoms with Gasteiger partial charge in [0.25, 0.3) is 5.56 Å². The first kappa shape index (κ1) is 17.7. The molecule has 0 spiro atoms. The third kappa shape index (κ3) is 3.20. The lowest BCUT2D eigenvalue weighted by Crippen LogP contribution is -2.36. The highest BCUT2D eigenvalue weighted by Crippen LogP contribution is 2.30. The van der Waals surface area contributed by atoms with E-state index >= 15 is 0 Å². The normalized spacial score (nSPS) is 15.2. The molecule has 29 heavy (non-hydrogen) atoms. The van der Waals surface area contributed by atoms with Gasteiger partial charge in [-0.25, -0.2) is 15.0 Å². The van der Waals surface area contributed by atoms with Gasteiger partial charge >= 0.3 is 0 Å². The third-order valence-corrected chi connectivity index (χ3v) is 5.53. The Kier molecular flexibility index (Phi) is 4.01. The summed E-state index contributed by atoms with van der Waals surface area (Å²) in [5.41, 5.74) is 3.46. The van der Waals surface area contributed by atoms with Crippen molar-refractivity contribution in [3.8, 4) is 22.6 Å². The zero-order valence-electron chi connectivity index (χ0n) is 16.5. The monoisotopic (exact) mass is 383 g/mol. The lowest BCUT2D eigenvalue weighted by molar-refractivity contribution is 0.240. The first-order chi connectivity index (χ1) is 14.0. The summed E-state index contributed by atoms with van der Waals surface area (Å²) in [5.74, 6) is 1.46. The van der Waals surface area contributed by atoms with Gasteiger partial charge in [0.2, 0.25) is 0 Å². The Bertz CT molecular complexity index is 1260. The van der Waals surface area contributed by atoms with Crippen LogP contribution in [-0.2, 0) is 13.0 Å². The second kappa shape index (κ2) is 6.58. The molecule has 4 heterocycles. The quantitative estimate of drug-likeness (QED) is 0.525. The van der Waals surface area contributed by atoms with Gasteiger partial charge in [0.1, 0.15) is 11.5 Å². The maximum absolute atomic E-state index is 13.0. The summed E-state index contributed by atoms with van der Waals surface area (Å²) in [6, 6.07) is 11.4. The highest BCUT2D eigenvalue weighted by Gasteiger charge is 2.27. The molecule has 0 amide bonds. The van der Waals surface area contributed by atoms with Crippen molar-refractivity contribution in [2.45, 2.75) is 33.2 Å². The van der Waals surface area contributed by atoms with Gasteiger partial charge in [-0.1, -0.05) is 26.0 Å². The van der Waals surface area contributed by atoms with E-state index in [1.54, 1.807) is 18.6 Å². The minimum absolute atomic E-state index is 0.0473. The van der Waals surface area contributed by atoms with Crippen LogP contribution in [0.3, 0.4) is 0 Å². The summed E-state index contributed by atoms with van der Waals surface area (Å²) in [5, 5.41) is 0.654. The molecule has 1 aliphatic heterocycles. The number of rotatable bonds is 2. The molecule has 144 valence electrons. The minimum Gasteiger partial charge on any atom is -0.296 e. The molecule has 3 aromatic heterocycles. The molecule has 0 aliphatic carbocycles. The molecule has 0 saturated carbocycles. The van der Waals surface area contributed by atoms with E-state index in [2.05, 4.69) is 28.8 Å². The Morgan fingerprint density at radius 1 is 1.00 bits per heavy atom.